The molecule has 0 bridgehead atoms. The van der Waals surface area contributed by atoms with Crippen LogP contribution >= 0.6 is 0 Å². The first-order chi connectivity index (χ1) is 5.22. The Morgan fingerprint density at radius 1 is 1.55 bits per heavy atom. The number of hydrogen-bond acceptors (Lipinski definition) is 0. The molecular weight excluding hydrogens is 131 g/mol. The van der Waals surface area contributed by atoms with Gasteiger partial charge in [0.1, 0.15) is 7.28 Å². The molecular formula is C10H18B. The average Bonchev–Trinajstić information content (AvgIpc) is 1.82. The van der Waals surface area contributed by atoms with Crippen molar-refractivity contribution in [1.29, 1.82) is 0 Å². The summed E-state index contributed by atoms with van der Waals surface area (Å²) >= 11 is 0. The fourth-order valence-electron chi connectivity index (χ4n) is 1.72. The van der Waals surface area contributed by atoms with Crippen LogP contribution in [-0.2, 0) is 0 Å². The van der Waals surface area contributed by atoms with Crippen molar-refractivity contribution in [2.24, 2.45) is 5.92 Å². The van der Waals surface area contributed by atoms with Crippen molar-refractivity contribution in [2.75, 3.05) is 0 Å². The molecule has 1 aliphatic rings. The highest BCUT2D eigenvalue weighted by Crippen LogP contribution is 2.38. The predicted molar refractivity (Wildman–Crippen MR) is 52.1 cm³/mol. The summed E-state index contributed by atoms with van der Waals surface area (Å²) in [6.07, 6.45) is 6.33. The van der Waals surface area contributed by atoms with Crippen molar-refractivity contribution in [3.05, 3.63) is 11.6 Å². The second-order valence-corrected chi connectivity index (χ2v) is 3.88. The Bertz CT molecular complexity index is 139. The predicted octanol–water partition coefficient (Wildman–Crippen LogP) is 3.29. The van der Waals surface area contributed by atoms with Gasteiger partial charge >= 0.3 is 0 Å². The lowest BCUT2D eigenvalue weighted by Gasteiger charge is -2.29. The maximum Gasteiger partial charge on any atom is 0.114 e. The third kappa shape index (κ3) is 2.73. The lowest BCUT2D eigenvalue weighted by atomic mass is 9.52. The van der Waals surface area contributed by atoms with Gasteiger partial charge in [-0.25, -0.2) is 0 Å². The van der Waals surface area contributed by atoms with Crippen LogP contribution in [-0.4, -0.2) is 7.28 Å². The van der Waals surface area contributed by atoms with Crippen molar-refractivity contribution in [3.8, 4) is 0 Å². The molecule has 1 radical (unpaired) electrons. The zero-order valence-electron chi connectivity index (χ0n) is 7.93. The lowest BCUT2D eigenvalue weighted by Crippen LogP contribution is -2.15. The van der Waals surface area contributed by atoms with E-state index in [2.05, 4.69) is 34.1 Å². The Labute approximate surface area is 71.3 Å². The van der Waals surface area contributed by atoms with E-state index in [1.54, 1.807) is 5.57 Å². The highest BCUT2D eigenvalue weighted by atomic mass is 14.2. The number of allylic oxidation sites excluding steroid dienone is 2. The van der Waals surface area contributed by atoms with E-state index in [-0.39, 0.29) is 0 Å². The molecule has 0 amide bonds. The number of hydrogen-bond donors (Lipinski definition) is 0. The first-order valence-corrected chi connectivity index (χ1v) is 4.75. The third-order valence-corrected chi connectivity index (χ3v) is 2.19. The molecule has 0 N–H and O–H groups in total. The Morgan fingerprint density at radius 2 is 2.18 bits per heavy atom. The summed E-state index contributed by atoms with van der Waals surface area (Å²) in [5.41, 5.74) is 1.68. The maximum absolute atomic E-state index is 2.44. The summed E-state index contributed by atoms with van der Waals surface area (Å²) in [4.78, 5) is 0. The van der Waals surface area contributed by atoms with Gasteiger partial charge in [0.15, 0.2) is 0 Å². The average molecular weight is 149 g/mol. The first kappa shape index (κ1) is 8.90. The fourth-order valence-corrected chi connectivity index (χ4v) is 1.72. The Balaban J connectivity index is 2.18. The molecule has 0 atom stereocenters. The van der Waals surface area contributed by atoms with Crippen LogP contribution in [0.3, 0.4) is 0 Å². The quantitative estimate of drug-likeness (QED) is 0.426. The molecule has 1 saturated carbocycles. The van der Waals surface area contributed by atoms with E-state index < -0.39 is 0 Å². The molecule has 0 heterocycles. The van der Waals surface area contributed by atoms with Gasteiger partial charge in [-0.2, -0.15) is 0 Å². The molecule has 0 aromatic heterocycles. The van der Waals surface area contributed by atoms with Gasteiger partial charge in [-0.3, -0.25) is 0 Å². The standard InChI is InChI=1S/C10H18B/c1-4-11-10-6-9(7-10)5-8(2)3/h5,8,10H,4,6-7H2,1-3H3. The normalized spacial score (nSPS) is 23.3. The van der Waals surface area contributed by atoms with E-state index in [0.29, 0.717) is 0 Å². The van der Waals surface area contributed by atoms with Crippen LogP contribution in [0.4, 0.5) is 0 Å². The van der Waals surface area contributed by atoms with Crippen molar-refractivity contribution in [3.63, 3.8) is 0 Å². The second-order valence-electron chi connectivity index (χ2n) is 3.88. The Morgan fingerprint density at radius 3 is 2.64 bits per heavy atom. The smallest absolute Gasteiger partial charge is 0.0828 e. The molecule has 61 valence electrons. The van der Waals surface area contributed by atoms with E-state index in [0.717, 1.165) is 11.7 Å². The van der Waals surface area contributed by atoms with Crippen LogP contribution in [0.15, 0.2) is 11.6 Å². The molecule has 1 heteroatoms. The van der Waals surface area contributed by atoms with Crippen LogP contribution < -0.4 is 0 Å². The zero-order valence-corrected chi connectivity index (χ0v) is 7.93. The molecule has 0 spiro atoms. The third-order valence-electron chi connectivity index (χ3n) is 2.19. The molecule has 0 unspecified atom stereocenters. The minimum atomic E-state index is 0.743. The molecule has 1 fully saturated rings. The summed E-state index contributed by atoms with van der Waals surface area (Å²) < 4.78 is 0. The molecule has 0 aromatic rings. The zero-order chi connectivity index (χ0) is 8.27. The van der Waals surface area contributed by atoms with E-state index in [4.69, 9.17) is 0 Å². The van der Waals surface area contributed by atoms with Gasteiger partial charge in [-0.1, -0.05) is 44.6 Å². The van der Waals surface area contributed by atoms with Crippen LogP contribution in [0.5, 0.6) is 0 Å². The first-order valence-electron chi connectivity index (χ1n) is 4.75. The maximum atomic E-state index is 2.44. The van der Waals surface area contributed by atoms with E-state index in [9.17, 15) is 0 Å². The highest BCUT2D eigenvalue weighted by Gasteiger charge is 2.21. The van der Waals surface area contributed by atoms with E-state index in [1.807, 2.05) is 0 Å². The molecule has 0 aliphatic heterocycles. The number of rotatable bonds is 3. The van der Waals surface area contributed by atoms with Gasteiger partial charge in [-0.05, 0) is 18.8 Å². The molecule has 0 nitrogen and oxygen atoms in total. The highest BCUT2D eigenvalue weighted by molar-refractivity contribution is 6.38. The topological polar surface area (TPSA) is 0 Å². The summed E-state index contributed by atoms with van der Waals surface area (Å²) in [6, 6.07) is 0. The minimum absolute atomic E-state index is 0.743. The van der Waals surface area contributed by atoms with Gasteiger partial charge in [0.05, 0.1) is 0 Å². The SMILES string of the molecule is CC[B]C1CC(=CC(C)C)C1. The summed E-state index contributed by atoms with van der Waals surface area (Å²) in [7, 11) is 2.44. The van der Waals surface area contributed by atoms with Gasteiger partial charge in [0, 0.05) is 0 Å². The molecule has 0 aromatic carbocycles. The van der Waals surface area contributed by atoms with Crippen molar-refractivity contribution < 1.29 is 0 Å². The van der Waals surface area contributed by atoms with Gasteiger partial charge in [0.25, 0.3) is 0 Å². The van der Waals surface area contributed by atoms with Gasteiger partial charge in [-0.15, -0.1) is 0 Å². The summed E-state index contributed by atoms with van der Waals surface area (Å²) in [6.45, 7) is 6.73. The largest absolute Gasteiger partial charge is 0.114 e. The van der Waals surface area contributed by atoms with Crippen molar-refractivity contribution in [2.45, 2.75) is 45.8 Å². The molecule has 11 heavy (non-hydrogen) atoms. The van der Waals surface area contributed by atoms with Gasteiger partial charge < -0.3 is 0 Å². The monoisotopic (exact) mass is 149 g/mol. The Kier molecular flexibility index (Phi) is 3.23. The summed E-state index contributed by atoms with van der Waals surface area (Å²) in [5, 5.41) is 0. The Hall–Kier alpha value is -0.195. The van der Waals surface area contributed by atoms with Crippen LogP contribution in [0.25, 0.3) is 0 Å². The van der Waals surface area contributed by atoms with Crippen LogP contribution in [0, 0.1) is 5.92 Å². The van der Waals surface area contributed by atoms with Crippen molar-refractivity contribution >= 4 is 7.28 Å². The molecule has 0 saturated heterocycles. The minimum Gasteiger partial charge on any atom is -0.0828 e. The fraction of sp³-hybridized carbons (Fsp3) is 0.800. The van der Waals surface area contributed by atoms with Crippen molar-refractivity contribution in [1.82, 2.24) is 0 Å². The van der Waals surface area contributed by atoms with Crippen LogP contribution in [0.2, 0.25) is 12.1 Å². The van der Waals surface area contributed by atoms with E-state index in [1.165, 1.54) is 19.2 Å². The van der Waals surface area contributed by atoms with E-state index >= 15 is 0 Å². The lowest BCUT2D eigenvalue weighted by molar-refractivity contribution is 0.633. The molecule has 1 rings (SSSR count). The second kappa shape index (κ2) is 3.99. The summed E-state index contributed by atoms with van der Waals surface area (Å²) in [5.74, 6) is 1.65. The van der Waals surface area contributed by atoms with Crippen LogP contribution in [0.1, 0.15) is 33.6 Å². The van der Waals surface area contributed by atoms with Gasteiger partial charge in [0.2, 0.25) is 0 Å². The molecule has 1 aliphatic carbocycles.